The lowest BCUT2D eigenvalue weighted by Crippen LogP contribution is -2.38. The lowest BCUT2D eigenvalue weighted by molar-refractivity contribution is 0.0926. The number of amides is 1. The molecule has 0 heterocycles. The van der Waals surface area contributed by atoms with Crippen molar-refractivity contribution in [2.75, 3.05) is 11.9 Å². The third-order valence-corrected chi connectivity index (χ3v) is 4.10. The van der Waals surface area contributed by atoms with Crippen molar-refractivity contribution < 1.29 is 4.79 Å². The van der Waals surface area contributed by atoms with Crippen LogP contribution in [0, 0.1) is 12.8 Å². The van der Waals surface area contributed by atoms with E-state index in [0.29, 0.717) is 5.92 Å². The first-order valence-electron chi connectivity index (χ1n) is 8.18. The second-order valence-electron chi connectivity index (χ2n) is 5.81. The van der Waals surface area contributed by atoms with Gasteiger partial charge in [-0.3, -0.25) is 4.79 Å². The molecule has 0 aliphatic rings. The van der Waals surface area contributed by atoms with Gasteiger partial charge in [0, 0.05) is 18.3 Å². The summed E-state index contributed by atoms with van der Waals surface area (Å²) in [5.74, 6) is 0.555. The van der Waals surface area contributed by atoms with E-state index < -0.39 is 0 Å². The number of anilines is 1. The quantitative estimate of drug-likeness (QED) is 0.746. The van der Waals surface area contributed by atoms with Crippen LogP contribution in [0.4, 0.5) is 5.69 Å². The van der Waals surface area contributed by atoms with Crippen molar-refractivity contribution in [1.82, 2.24) is 5.32 Å². The first-order chi connectivity index (χ1) is 10.0. The number of hydrogen-bond acceptors (Lipinski definition) is 2. The van der Waals surface area contributed by atoms with Crippen molar-refractivity contribution in [3.05, 3.63) is 29.3 Å². The Morgan fingerprint density at radius 3 is 2.43 bits per heavy atom. The molecule has 0 spiro atoms. The Kier molecular flexibility index (Phi) is 7.27. The van der Waals surface area contributed by atoms with Crippen molar-refractivity contribution in [1.29, 1.82) is 0 Å². The molecule has 1 rings (SSSR count). The standard InChI is InChI=1S/C18H30N2O/c1-6-11-19-17-12-13(4)9-10-16(17)18(21)20-14(5)15(7-2)8-3/h9-10,12,14-15,19H,6-8,11H2,1-5H3,(H,20,21). The van der Waals surface area contributed by atoms with E-state index in [9.17, 15) is 4.79 Å². The van der Waals surface area contributed by atoms with Gasteiger partial charge in [-0.1, -0.05) is 39.7 Å². The monoisotopic (exact) mass is 290 g/mol. The summed E-state index contributed by atoms with van der Waals surface area (Å²) in [6.07, 6.45) is 3.22. The van der Waals surface area contributed by atoms with Gasteiger partial charge in [0.15, 0.2) is 0 Å². The van der Waals surface area contributed by atoms with Crippen molar-refractivity contribution in [2.45, 2.75) is 59.9 Å². The highest BCUT2D eigenvalue weighted by molar-refractivity contribution is 5.99. The number of benzene rings is 1. The largest absolute Gasteiger partial charge is 0.384 e. The summed E-state index contributed by atoms with van der Waals surface area (Å²) in [7, 11) is 0. The smallest absolute Gasteiger partial charge is 0.253 e. The molecule has 1 amide bonds. The Morgan fingerprint density at radius 1 is 1.19 bits per heavy atom. The van der Waals surface area contributed by atoms with Crippen LogP contribution in [0.1, 0.15) is 62.9 Å². The zero-order valence-corrected chi connectivity index (χ0v) is 14.1. The molecule has 0 saturated carbocycles. The summed E-state index contributed by atoms with van der Waals surface area (Å²) in [6.45, 7) is 11.5. The maximum absolute atomic E-state index is 12.5. The molecule has 0 fully saturated rings. The van der Waals surface area contributed by atoms with Crippen LogP contribution in [0.2, 0.25) is 0 Å². The minimum Gasteiger partial charge on any atom is -0.384 e. The van der Waals surface area contributed by atoms with Gasteiger partial charge in [0.2, 0.25) is 0 Å². The number of rotatable bonds is 8. The van der Waals surface area contributed by atoms with Crippen LogP contribution in [0.3, 0.4) is 0 Å². The van der Waals surface area contributed by atoms with Gasteiger partial charge >= 0.3 is 0 Å². The fourth-order valence-corrected chi connectivity index (χ4v) is 2.66. The van der Waals surface area contributed by atoms with Gasteiger partial charge in [-0.2, -0.15) is 0 Å². The second-order valence-corrected chi connectivity index (χ2v) is 5.81. The van der Waals surface area contributed by atoms with Crippen molar-refractivity contribution in [2.24, 2.45) is 5.92 Å². The predicted octanol–water partition coefficient (Wildman–Crippen LogP) is 4.37. The molecule has 0 saturated heterocycles. The highest BCUT2D eigenvalue weighted by Crippen LogP contribution is 2.19. The number of hydrogen-bond donors (Lipinski definition) is 2. The average Bonchev–Trinajstić information content (AvgIpc) is 2.46. The number of aryl methyl sites for hydroxylation is 1. The predicted molar refractivity (Wildman–Crippen MR) is 91.0 cm³/mol. The Balaban J connectivity index is 2.86. The molecule has 0 aliphatic heterocycles. The lowest BCUT2D eigenvalue weighted by atomic mass is 9.95. The Morgan fingerprint density at radius 2 is 1.86 bits per heavy atom. The summed E-state index contributed by atoms with van der Waals surface area (Å²) in [4.78, 5) is 12.5. The number of nitrogens with one attached hydrogen (secondary N) is 2. The lowest BCUT2D eigenvalue weighted by Gasteiger charge is -2.23. The molecule has 118 valence electrons. The SMILES string of the molecule is CCCNc1cc(C)ccc1C(=O)NC(C)C(CC)CC. The van der Waals surface area contributed by atoms with E-state index in [0.717, 1.165) is 42.6 Å². The fourth-order valence-electron chi connectivity index (χ4n) is 2.66. The van der Waals surface area contributed by atoms with Gasteiger partial charge in [-0.15, -0.1) is 0 Å². The third-order valence-electron chi connectivity index (χ3n) is 4.10. The molecule has 1 atom stereocenters. The summed E-state index contributed by atoms with van der Waals surface area (Å²) in [6, 6.07) is 6.16. The van der Waals surface area contributed by atoms with Crippen LogP contribution in [-0.2, 0) is 0 Å². The van der Waals surface area contributed by atoms with E-state index >= 15 is 0 Å². The summed E-state index contributed by atoms with van der Waals surface area (Å²) >= 11 is 0. The molecule has 1 unspecified atom stereocenters. The molecule has 21 heavy (non-hydrogen) atoms. The third kappa shape index (κ3) is 5.07. The molecule has 1 aromatic rings. The van der Waals surface area contributed by atoms with E-state index in [2.05, 4.69) is 38.3 Å². The average molecular weight is 290 g/mol. The van der Waals surface area contributed by atoms with Crippen molar-refractivity contribution in [3.8, 4) is 0 Å². The number of carbonyl (C=O) groups is 1. The number of carbonyl (C=O) groups excluding carboxylic acids is 1. The zero-order valence-electron chi connectivity index (χ0n) is 14.1. The Hall–Kier alpha value is -1.51. The van der Waals surface area contributed by atoms with Crippen LogP contribution >= 0.6 is 0 Å². The summed E-state index contributed by atoms with van der Waals surface area (Å²) in [5.41, 5.74) is 2.84. The first kappa shape index (κ1) is 17.5. The maximum Gasteiger partial charge on any atom is 0.253 e. The Bertz CT molecular complexity index is 453. The van der Waals surface area contributed by atoms with Gasteiger partial charge in [-0.25, -0.2) is 0 Å². The molecular formula is C18H30N2O. The van der Waals surface area contributed by atoms with Crippen LogP contribution in [-0.4, -0.2) is 18.5 Å². The molecule has 0 bridgehead atoms. The highest BCUT2D eigenvalue weighted by Gasteiger charge is 2.18. The summed E-state index contributed by atoms with van der Waals surface area (Å²) in [5, 5.41) is 6.51. The second kappa shape index (κ2) is 8.71. The van der Waals surface area contributed by atoms with E-state index in [4.69, 9.17) is 0 Å². The Labute approximate surface area is 129 Å². The highest BCUT2D eigenvalue weighted by atomic mass is 16.1. The molecular weight excluding hydrogens is 260 g/mol. The molecule has 3 heteroatoms. The topological polar surface area (TPSA) is 41.1 Å². The van der Waals surface area contributed by atoms with E-state index in [1.165, 1.54) is 0 Å². The van der Waals surface area contributed by atoms with Gasteiger partial charge in [0.25, 0.3) is 5.91 Å². The minimum atomic E-state index is 0.0213. The van der Waals surface area contributed by atoms with Crippen molar-refractivity contribution >= 4 is 11.6 Å². The van der Waals surface area contributed by atoms with E-state index in [-0.39, 0.29) is 11.9 Å². The van der Waals surface area contributed by atoms with E-state index in [1.54, 1.807) is 0 Å². The molecule has 0 aromatic heterocycles. The van der Waals surface area contributed by atoms with Gasteiger partial charge in [0.05, 0.1) is 5.56 Å². The van der Waals surface area contributed by atoms with Crippen LogP contribution in [0.25, 0.3) is 0 Å². The van der Waals surface area contributed by atoms with Gasteiger partial charge < -0.3 is 10.6 Å². The normalized spacial score (nSPS) is 12.3. The van der Waals surface area contributed by atoms with Gasteiger partial charge in [0.1, 0.15) is 0 Å². The molecule has 2 N–H and O–H groups in total. The van der Waals surface area contributed by atoms with E-state index in [1.807, 2.05) is 25.1 Å². The fraction of sp³-hybridized carbons (Fsp3) is 0.611. The van der Waals surface area contributed by atoms with Crippen LogP contribution in [0.5, 0.6) is 0 Å². The van der Waals surface area contributed by atoms with Crippen LogP contribution in [0.15, 0.2) is 18.2 Å². The zero-order chi connectivity index (χ0) is 15.8. The molecule has 1 aromatic carbocycles. The minimum absolute atomic E-state index is 0.0213. The van der Waals surface area contributed by atoms with Gasteiger partial charge in [-0.05, 0) is 43.9 Å². The molecule has 3 nitrogen and oxygen atoms in total. The van der Waals surface area contributed by atoms with Crippen molar-refractivity contribution in [3.63, 3.8) is 0 Å². The summed E-state index contributed by atoms with van der Waals surface area (Å²) < 4.78 is 0. The maximum atomic E-state index is 12.5. The van der Waals surface area contributed by atoms with Crippen LogP contribution < -0.4 is 10.6 Å². The molecule has 0 aliphatic carbocycles. The molecule has 0 radical (unpaired) electrons. The first-order valence-corrected chi connectivity index (χ1v) is 8.18.